The van der Waals surface area contributed by atoms with Gasteiger partial charge in [0.25, 0.3) is 0 Å². The molecule has 0 bridgehead atoms. The molecule has 0 atom stereocenters. The molecule has 1 rings (SSSR count). The van der Waals surface area contributed by atoms with E-state index in [1.165, 1.54) is 12.1 Å². The van der Waals surface area contributed by atoms with Crippen molar-refractivity contribution in [2.45, 2.75) is 25.8 Å². The third-order valence-electron chi connectivity index (χ3n) is 3.33. The molecule has 0 fully saturated rings. The molecular weight excluding hydrogens is 252 g/mol. The lowest BCUT2D eigenvalue weighted by molar-refractivity contribution is 0.192. The number of ether oxygens (including phenoxy) is 1. The summed E-state index contributed by atoms with van der Waals surface area (Å²) in [7, 11) is 7.70. The molecule has 0 aliphatic carbocycles. The van der Waals surface area contributed by atoms with Crippen LogP contribution in [0.1, 0.15) is 25.0 Å². The summed E-state index contributed by atoms with van der Waals surface area (Å²) < 4.78 is 7.18. The highest BCUT2D eigenvalue weighted by Gasteiger charge is 2.07. The first-order chi connectivity index (χ1) is 9.69. The van der Waals surface area contributed by atoms with Crippen LogP contribution in [0.2, 0.25) is 0 Å². The summed E-state index contributed by atoms with van der Waals surface area (Å²) in [5.74, 6) is 0.943. The van der Waals surface area contributed by atoms with Gasteiger partial charge < -0.3 is 19.5 Å². The van der Waals surface area contributed by atoms with Crippen molar-refractivity contribution in [1.29, 1.82) is 0 Å². The van der Waals surface area contributed by atoms with E-state index in [0.717, 1.165) is 38.5 Å². The second-order valence-electron chi connectivity index (χ2n) is 4.99. The van der Waals surface area contributed by atoms with Crippen molar-refractivity contribution in [2.75, 3.05) is 34.4 Å². The minimum Gasteiger partial charge on any atom is -0.385 e. The summed E-state index contributed by atoms with van der Waals surface area (Å²) in [6, 6.07) is 4.20. The van der Waals surface area contributed by atoms with Crippen molar-refractivity contribution in [2.24, 2.45) is 12.0 Å². The van der Waals surface area contributed by atoms with Crippen LogP contribution in [0.15, 0.2) is 23.3 Å². The molecule has 114 valence electrons. The highest BCUT2D eigenvalue weighted by molar-refractivity contribution is 5.79. The molecule has 1 heterocycles. The van der Waals surface area contributed by atoms with Crippen molar-refractivity contribution < 1.29 is 4.74 Å². The largest absolute Gasteiger partial charge is 0.385 e. The molecule has 0 saturated heterocycles. The monoisotopic (exact) mass is 280 g/mol. The minimum atomic E-state index is 0.849. The maximum Gasteiger partial charge on any atom is 0.193 e. The van der Waals surface area contributed by atoms with Gasteiger partial charge in [0.15, 0.2) is 5.96 Å². The lowest BCUT2D eigenvalue weighted by atomic mass is 10.2. The Morgan fingerprint density at radius 1 is 1.40 bits per heavy atom. The molecule has 0 radical (unpaired) electrons. The summed E-state index contributed by atoms with van der Waals surface area (Å²) >= 11 is 0. The fourth-order valence-electron chi connectivity index (χ4n) is 2.11. The van der Waals surface area contributed by atoms with Gasteiger partial charge in [-0.05, 0) is 31.4 Å². The molecule has 5 nitrogen and oxygen atoms in total. The van der Waals surface area contributed by atoms with Crippen LogP contribution in [-0.4, -0.2) is 49.8 Å². The molecule has 0 amide bonds. The number of aromatic nitrogens is 1. The Bertz CT molecular complexity index is 400. The van der Waals surface area contributed by atoms with Gasteiger partial charge in [-0.15, -0.1) is 0 Å². The SMILES string of the molecule is CN=C(NCCCCCOC)N(C)Cc1cccn1C. The third kappa shape index (κ3) is 5.65. The summed E-state index contributed by atoms with van der Waals surface area (Å²) in [5.41, 5.74) is 1.27. The Labute approximate surface area is 122 Å². The zero-order valence-corrected chi connectivity index (χ0v) is 13.2. The second kappa shape index (κ2) is 9.42. The second-order valence-corrected chi connectivity index (χ2v) is 4.99. The Kier molecular flexibility index (Phi) is 7.80. The predicted octanol–water partition coefficient (Wildman–Crippen LogP) is 1.85. The molecule has 0 aromatic carbocycles. The fourth-order valence-corrected chi connectivity index (χ4v) is 2.11. The van der Waals surface area contributed by atoms with E-state index in [9.17, 15) is 0 Å². The number of guanidine groups is 1. The van der Waals surface area contributed by atoms with Crippen molar-refractivity contribution in [3.8, 4) is 0 Å². The lowest BCUT2D eigenvalue weighted by Crippen LogP contribution is -2.39. The number of nitrogens with one attached hydrogen (secondary N) is 1. The van der Waals surface area contributed by atoms with Gasteiger partial charge in [-0.25, -0.2) is 0 Å². The summed E-state index contributed by atoms with van der Waals surface area (Å²) in [6.07, 6.45) is 5.50. The van der Waals surface area contributed by atoms with E-state index < -0.39 is 0 Å². The van der Waals surface area contributed by atoms with Crippen molar-refractivity contribution in [1.82, 2.24) is 14.8 Å². The number of rotatable bonds is 8. The number of unbranched alkanes of at least 4 members (excludes halogenated alkanes) is 2. The first-order valence-corrected chi connectivity index (χ1v) is 7.20. The molecular formula is C15H28N4O. The number of methoxy groups -OCH3 is 1. The number of nitrogens with zero attached hydrogens (tertiary/aromatic N) is 3. The summed E-state index contributed by atoms with van der Waals surface area (Å²) in [6.45, 7) is 2.66. The number of aliphatic imine (C=N–C) groups is 1. The lowest BCUT2D eigenvalue weighted by Gasteiger charge is -2.22. The Hall–Kier alpha value is -1.49. The average Bonchev–Trinajstić information content (AvgIpc) is 2.83. The van der Waals surface area contributed by atoms with Crippen LogP contribution in [-0.2, 0) is 18.3 Å². The Balaban J connectivity index is 2.29. The molecule has 1 aromatic heterocycles. The van der Waals surface area contributed by atoms with Gasteiger partial charge in [-0.2, -0.15) is 0 Å². The molecule has 1 aromatic rings. The Morgan fingerprint density at radius 3 is 2.80 bits per heavy atom. The van der Waals surface area contributed by atoms with Crippen molar-refractivity contribution in [3.63, 3.8) is 0 Å². The molecule has 0 saturated carbocycles. The van der Waals surface area contributed by atoms with Crippen LogP contribution in [0.3, 0.4) is 0 Å². The molecule has 1 N–H and O–H groups in total. The third-order valence-corrected chi connectivity index (χ3v) is 3.33. The van der Waals surface area contributed by atoms with Crippen LogP contribution in [0, 0.1) is 0 Å². The maximum absolute atomic E-state index is 5.04. The maximum atomic E-state index is 5.04. The van der Waals surface area contributed by atoms with E-state index in [1.807, 2.05) is 7.05 Å². The van der Waals surface area contributed by atoms with Gasteiger partial charge >= 0.3 is 0 Å². The minimum absolute atomic E-state index is 0.849. The number of aryl methyl sites for hydroxylation is 1. The van der Waals surface area contributed by atoms with Crippen LogP contribution < -0.4 is 5.32 Å². The van der Waals surface area contributed by atoms with E-state index in [0.29, 0.717) is 0 Å². The van der Waals surface area contributed by atoms with Crippen molar-refractivity contribution >= 4 is 5.96 Å². The molecule has 20 heavy (non-hydrogen) atoms. The summed E-state index contributed by atoms with van der Waals surface area (Å²) in [4.78, 5) is 6.47. The molecule has 5 heteroatoms. The van der Waals surface area contributed by atoms with Crippen molar-refractivity contribution in [3.05, 3.63) is 24.0 Å². The van der Waals surface area contributed by atoms with E-state index in [1.54, 1.807) is 7.11 Å². The molecule has 0 unspecified atom stereocenters. The molecule has 0 aliphatic rings. The van der Waals surface area contributed by atoms with Gasteiger partial charge in [0.2, 0.25) is 0 Å². The van der Waals surface area contributed by atoms with E-state index in [2.05, 4.69) is 52.2 Å². The number of hydrogen-bond donors (Lipinski definition) is 1. The molecule has 0 spiro atoms. The van der Waals surface area contributed by atoms with Crippen LogP contribution in [0.5, 0.6) is 0 Å². The standard InChI is InChI=1S/C15H28N4O/c1-16-15(17-10-6-5-7-12-20-4)19(3)13-14-9-8-11-18(14)2/h8-9,11H,5-7,10,12-13H2,1-4H3,(H,16,17). The highest BCUT2D eigenvalue weighted by atomic mass is 16.5. The zero-order chi connectivity index (χ0) is 14.8. The highest BCUT2D eigenvalue weighted by Crippen LogP contribution is 2.03. The van der Waals surface area contributed by atoms with Gasteiger partial charge in [-0.1, -0.05) is 0 Å². The zero-order valence-electron chi connectivity index (χ0n) is 13.2. The average molecular weight is 280 g/mol. The summed E-state index contributed by atoms with van der Waals surface area (Å²) in [5, 5.41) is 3.40. The fraction of sp³-hybridized carbons (Fsp3) is 0.667. The predicted molar refractivity (Wildman–Crippen MR) is 84.0 cm³/mol. The van der Waals surface area contributed by atoms with Crippen LogP contribution in [0.25, 0.3) is 0 Å². The van der Waals surface area contributed by atoms with Gasteiger partial charge in [0.05, 0.1) is 6.54 Å². The Morgan fingerprint density at radius 2 is 2.20 bits per heavy atom. The first-order valence-electron chi connectivity index (χ1n) is 7.20. The smallest absolute Gasteiger partial charge is 0.193 e. The van der Waals surface area contributed by atoms with E-state index in [4.69, 9.17) is 4.74 Å². The van der Waals surface area contributed by atoms with Gasteiger partial charge in [-0.3, -0.25) is 4.99 Å². The topological polar surface area (TPSA) is 41.8 Å². The van der Waals surface area contributed by atoms with Gasteiger partial charge in [0.1, 0.15) is 0 Å². The number of hydrogen-bond acceptors (Lipinski definition) is 2. The first kappa shape index (κ1) is 16.6. The quantitative estimate of drug-likeness (QED) is 0.449. The molecule has 0 aliphatic heterocycles. The van der Waals surface area contributed by atoms with E-state index in [-0.39, 0.29) is 0 Å². The van der Waals surface area contributed by atoms with Crippen LogP contribution >= 0.6 is 0 Å². The van der Waals surface area contributed by atoms with Crippen LogP contribution in [0.4, 0.5) is 0 Å². The normalized spacial score (nSPS) is 11.7. The van der Waals surface area contributed by atoms with E-state index >= 15 is 0 Å². The van der Waals surface area contributed by atoms with Gasteiger partial charge in [0, 0.05) is 53.3 Å².